The van der Waals surface area contributed by atoms with Crippen LogP contribution in [-0.2, 0) is 0 Å². The maximum atomic E-state index is 10.9. The van der Waals surface area contributed by atoms with Gasteiger partial charge in [0.2, 0.25) is 0 Å². The standard InChI is InChI=1S/C7H6N2O2/c10-6-4-2-1-3-8-5(4)7(11)9-6/h1-3,6,10H,(H,9,11). The van der Waals surface area contributed by atoms with Crippen LogP contribution in [0.2, 0.25) is 0 Å². The first kappa shape index (κ1) is 6.30. The number of hydrogen-bond donors (Lipinski definition) is 2. The number of hydrogen-bond acceptors (Lipinski definition) is 3. The van der Waals surface area contributed by atoms with Gasteiger partial charge in [0, 0.05) is 11.8 Å². The number of aromatic nitrogens is 1. The van der Waals surface area contributed by atoms with E-state index in [1.54, 1.807) is 12.1 Å². The Balaban J connectivity index is 2.60. The van der Waals surface area contributed by atoms with Crippen LogP contribution in [0.1, 0.15) is 22.3 Å². The van der Waals surface area contributed by atoms with Gasteiger partial charge in [-0.25, -0.2) is 0 Å². The fraction of sp³-hybridized carbons (Fsp3) is 0.143. The van der Waals surface area contributed by atoms with E-state index in [0.717, 1.165) is 0 Å². The Labute approximate surface area is 62.9 Å². The van der Waals surface area contributed by atoms with Gasteiger partial charge in [0.1, 0.15) is 5.69 Å². The lowest BCUT2D eigenvalue weighted by Gasteiger charge is -1.99. The molecule has 0 fully saturated rings. The molecule has 0 aromatic carbocycles. The smallest absolute Gasteiger partial charge is 0.272 e. The van der Waals surface area contributed by atoms with Crippen LogP contribution < -0.4 is 5.32 Å². The van der Waals surface area contributed by atoms with Gasteiger partial charge in [-0.2, -0.15) is 0 Å². The quantitative estimate of drug-likeness (QED) is 0.539. The number of amides is 1. The lowest BCUT2D eigenvalue weighted by Crippen LogP contribution is -2.18. The number of carbonyl (C=O) groups is 1. The molecule has 4 heteroatoms. The van der Waals surface area contributed by atoms with Crippen molar-refractivity contribution in [3.05, 3.63) is 29.6 Å². The predicted molar refractivity (Wildman–Crippen MR) is 36.7 cm³/mol. The third-order valence-corrected chi connectivity index (χ3v) is 1.62. The molecule has 0 bridgehead atoms. The van der Waals surface area contributed by atoms with E-state index in [9.17, 15) is 9.90 Å². The molecule has 56 valence electrons. The number of nitrogens with one attached hydrogen (secondary N) is 1. The molecule has 1 aliphatic rings. The predicted octanol–water partition coefficient (Wildman–Crippen LogP) is -0.184. The number of fused-ring (bicyclic) bond motifs is 1. The van der Waals surface area contributed by atoms with Crippen LogP contribution in [0.15, 0.2) is 18.3 Å². The molecule has 0 spiro atoms. The molecule has 1 aliphatic heterocycles. The van der Waals surface area contributed by atoms with E-state index in [0.29, 0.717) is 11.3 Å². The van der Waals surface area contributed by atoms with E-state index in [1.165, 1.54) is 6.20 Å². The average molecular weight is 150 g/mol. The van der Waals surface area contributed by atoms with Crippen LogP contribution in [0.25, 0.3) is 0 Å². The zero-order valence-corrected chi connectivity index (χ0v) is 5.61. The number of aliphatic hydroxyl groups is 1. The molecule has 0 aliphatic carbocycles. The summed E-state index contributed by atoms with van der Waals surface area (Å²) >= 11 is 0. The largest absolute Gasteiger partial charge is 0.369 e. The Morgan fingerprint density at radius 1 is 1.64 bits per heavy atom. The summed E-state index contributed by atoms with van der Waals surface area (Å²) in [6.45, 7) is 0. The van der Waals surface area contributed by atoms with E-state index in [4.69, 9.17) is 0 Å². The number of pyridine rings is 1. The Morgan fingerprint density at radius 3 is 3.18 bits per heavy atom. The van der Waals surface area contributed by atoms with Gasteiger partial charge >= 0.3 is 0 Å². The van der Waals surface area contributed by atoms with Crippen molar-refractivity contribution in [1.82, 2.24) is 10.3 Å². The first-order chi connectivity index (χ1) is 5.29. The molecule has 1 aromatic rings. The second kappa shape index (κ2) is 2.03. The van der Waals surface area contributed by atoms with Gasteiger partial charge in [0.05, 0.1) is 0 Å². The molecule has 2 rings (SSSR count). The molecule has 1 amide bonds. The third-order valence-electron chi connectivity index (χ3n) is 1.62. The summed E-state index contributed by atoms with van der Waals surface area (Å²) < 4.78 is 0. The second-order valence-corrected chi connectivity index (χ2v) is 2.32. The van der Waals surface area contributed by atoms with Crippen LogP contribution in [0.3, 0.4) is 0 Å². The fourth-order valence-corrected chi connectivity index (χ4v) is 1.10. The van der Waals surface area contributed by atoms with Gasteiger partial charge in [-0.1, -0.05) is 6.07 Å². The third kappa shape index (κ3) is 0.798. The SMILES string of the molecule is O=C1NC(O)c2cccnc21. The zero-order valence-electron chi connectivity index (χ0n) is 5.61. The van der Waals surface area contributed by atoms with Crippen LogP contribution in [0.5, 0.6) is 0 Å². The molecule has 0 radical (unpaired) electrons. The molecule has 0 saturated carbocycles. The van der Waals surface area contributed by atoms with Crippen molar-refractivity contribution in [3.8, 4) is 0 Å². The minimum absolute atomic E-state index is 0.312. The molecule has 0 saturated heterocycles. The molecule has 2 heterocycles. The van der Waals surface area contributed by atoms with Crippen molar-refractivity contribution in [2.75, 3.05) is 0 Å². The van der Waals surface area contributed by atoms with Crippen molar-refractivity contribution in [2.24, 2.45) is 0 Å². The summed E-state index contributed by atoms with van der Waals surface area (Å²) in [5.41, 5.74) is 0.873. The van der Waals surface area contributed by atoms with Gasteiger partial charge in [-0.3, -0.25) is 9.78 Å². The number of rotatable bonds is 0. The summed E-state index contributed by atoms with van der Waals surface area (Å²) in [4.78, 5) is 14.8. The van der Waals surface area contributed by atoms with Gasteiger partial charge in [0.25, 0.3) is 5.91 Å². The Kier molecular flexibility index (Phi) is 1.16. The molecular weight excluding hydrogens is 144 g/mol. The highest BCUT2D eigenvalue weighted by Gasteiger charge is 2.27. The number of carbonyl (C=O) groups excluding carboxylic acids is 1. The van der Waals surface area contributed by atoms with Gasteiger partial charge < -0.3 is 10.4 Å². The number of aliphatic hydroxyl groups excluding tert-OH is 1. The Morgan fingerprint density at radius 2 is 2.45 bits per heavy atom. The molecule has 1 unspecified atom stereocenters. The van der Waals surface area contributed by atoms with Gasteiger partial charge in [0.15, 0.2) is 6.23 Å². The lowest BCUT2D eigenvalue weighted by atomic mass is 10.2. The maximum absolute atomic E-state index is 10.9. The summed E-state index contributed by atoms with van der Waals surface area (Å²) in [5.74, 6) is -0.312. The van der Waals surface area contributed by atoms with E-state index in [2.05, 4.69) is 10.3 Å². The van der Waals surface area contributed by atoms with Crippen LogP contribution >= 0.6 is 0 Å². The molecular formula is C7H6N2O2. The summed E-state index contributed by atoms with van der Waals surface area (Å²) in [6.07, 6.45) is 0.641. The highest BCUT2D eigenvalue weighted by molar-refractivity contribution is 5.96. The molecule has 1 aromatic heterocycles. The first-order valence-electron chi connectivity index (χ1n) is 3.23. The minimum Gasteiger partial charge on any atom is -0.369 e. The molecule has 4 nitrogen and oxygen atoms in total. The maximum Gasteiger partial charge on any atom is 0.272 e. The molecule has 2 N–H and O–H groups in total. The highest BCUT2D eigenvalue weighted by Crippen LogP contribution is 2.19. The van der Waals surface area contributed by atoms with Crippen molar-refractivity contribution >= 4 is 5.91 Å². The van der Waals surface area contributed by atoms with Crippen LogP contribution in [0, 0.1) is 0 Å². The van der Waals surface area contributed by atoms with E-state index in [1.807, 2.05) is 0 Å². The Bertz CT molecular complexity index is 311. The van der Waals surface area contributed by atoms with Gasteiger partial charge in [-0.05, 0) is 6.07 Å². The average Bonchev–Trinajstić information content (AvgIpc) is 2.30. The normalized spacial score (nSPS) is 21.2. The van der Waals surface area contributed by atoms with E-state index < -0.39 is 6.23 Å². The first-order valence-corrected chi connectivity index (χ1v) is 3.23. The van der Waals surface area contributed by atoms with Crippen molar-refractivity contribution in [3.63, 3.8) is 0 Å². The topological polar surface area (TPSA) is 62.2 Å². The summed E-state index contributed by atoms with van der Waals surface area (Å²) in [5, 5.41) is 11.5. The van der Waals surface area contributed by atoms with Crippen LogP contribution in [-0.4, -0.2) is 16.0 Å². The van der Waals surface area contributed by atoms with E-state index in [-0.39, 0.29) is 5.91 Å². The minimum atomic E-state index is -0.883. The molecule has 11 heavy (non-hydrogen) atoms. The number of nitrogens with zero attached hydrogens (tertiary/aromatic N) is 1. The van der Waals surface area contributed by atoms with Gasteiger partial charge in [-0.15, -0.1) is 0 Å². The van der Waals surface area contributed by atoms with E-state index >= 15 is 0 Å². The summed E-state index contributed by atoms with van der Waals surface area (Å²) in [7, 11) is 0. The summed E-state index contributed by atoms with van der Waals surface area (Å²) in [6, 6.07) is 3.35. The lowest BCUT2D eigenvalue weighted by molar-refractivity contribution is 0.0848. The van der Waals surface area contributed by atoms with Crippen molar-refractivity contribution in [2.45, 2.75) is 6.23 Å². The second-order valence-electron chi connectivity index (χ2n) is 2.32. The van der Waals surface area contributed by atoms with Crippen molar-refractivity contribution in [1.29, 1.82) is 0 Å². The van der Waals surface area contributed by atoms with Crippen molar-refractivity contribution < 1.29 is 9.90 Å². The zero-order chi connectivity index (χ0) is 7.84. The monoisotopic (exact) mass is 150 g/mol. The fourth-order valence-electron chi connectivity index (χ4n) is 1.10. The Hall–Kier alpha value is -1.42. The molecule has 1 atom stereocenters. The highest BCUT2D eigenvalue weighted by atomic mass is 16.3. The van der Waals surface area contributed by atoms with Crippen LogP contribution in [0.4, 0.5) is 0 Å².